The summed E-state index contributed by atoms with van der Waals surface area (Å²) in [5.41, 5.74) is 28.6. The van der Waals surface area contributed by atoms with Crippen LogP contribution in [-0.4, -0.2) is 231 Å². The number of amides is 11. The molecule has 35 heteroatoms. The van der Waals surface area contributed by atoms with E-state index in [9.17, 15) is 78.3 Å². The molecule has 0 bridgehead atoms. The number of thiol groups is 2. The molecule has 33 nitrogen and oxygen atoms in total. The molecule has 2 saturated heterocycles. The number of aliphatic imine (C=N–C) groups is 1. The van der Waals surface area contributed by atoms with Crippen molar-refractivity contribution >= 4 is 96.2 Å². The SMILES string of the molecule is NC(=O)CNC(=O)[C@H](CCCN=C(N)N)NC(=O)[C@@H]1CCCN1C(=O)[C@H](CS)NC(=O)[C@H](CC(N)=O)NC(=O)[C@H](CCC(=O)NCCCCCCCCO[C@@H]1O[C@H](CO)[C@@H](O)[C@H](O)[C@H]1O)NC(=O)[C@H](Cc1ccccc1)NC(=O)[C@H](Cc1ccc(O)cc1)NC(=O)[C@@H](N)CS. The number of ether oxygens (including phenoxy) is 2. The normalized spacial score (nSPS) is 19.8. The third kappa shape index (κ3) is 27.8. The highest BCUT2D eigenvalue weighted by Crippen LogP contribution is 2.23. The number of carbonyl (C=O) groups is 11. The van der Waals surface area contributed by atoms with Crippen LogP contribution in [0.3, 0.4) is 0 Å². The third-order valence-corrected chi connectivity index (χ3v) is 16.2. The monoisotopic (exact) mass is 1380 g/mol. The van der Waals surface area contributed by atoms with Crippen LogP contribution in [0.1, 0.15) is 94.6 Å². The zero-order valence-electron chi connectivity index (χ0n) is 52.7. The number of carbonyl (C=O) groups excluding carboxylic acids is 11. The van der Waals surface area contributed by atoms with E-state index in [1.54, 1.807) is 30.3 Å². The van der Waals surface area contributed by atoms with Crippen molar-refractivity contribution in [2.75, 3.05) is 50.9 Å². The molecule has 11 amide bonds. The predicted octanol–water partition coefficient (Wildman–Crippen LogP) is -6.15. The number of likely N-dealkylation sites (tertiary alicyclic amines) is 1. The van der Waals surface area contributed by atoms with Gasteiger partial charge in [0.25, 0.3) is 0 Å². The van der Waals surface area contributed by atoms with Gasteiger partial charge in [0, 0.05) is 57.0 Å². The number of rotatable bonds is 42. The average Bonchev–Trinajstić information content (AvgIpc) is 1.82. The number of phenolic OH excluding ortho intramolecular Hbond substituents is 1. The van der Waals surface area contributed by atoms with Crippen molar-refractivity contribution < 1.29 is 87.7 Å². The first kappa shape index (κ1) is 79.5. The second-order valence-corrected chi connectivity index (χ2v) is 23.7. The zero-order chi connectivity index (χ0) is 70.1. The lowest BCUT2D eigenvalue weighted by molar-refractivity contribution is -0.301. The van der Waals surface area contributed by atoms with Gasteiger partial charge in [-0.3, -0.25) is 57.7 Å². The summed E-state index contributed by atoms with van der Waals surface area (Å²) in [5, 5.41) is 70.1. The highest BCUT2D eigenvalue weighted by molar-refractivity contribution is 7.80. The first-order chi connectivity index (χ1) is 45.3. The van der Waals surface area contributed by atoms with Crippen molar-refractivity contribution in [3.63, 3.8) is 0 Å². The second-order valence-electron chi connectivity index (χ2n) is 23.0. The molecule has 0 spiro atoms. The highest BCUT2D eigenvalue weighted by Gasteiger charge is 2.44. The molecule has 0 saturated carbocycles. The van der Waals surface area contributed by atoms with Gasteiger partial charge >= 0.3 is 0 Å². The van der Waals surface area contributed by atoms with E-state index >= 15 is 0 Å². The van der Waals surface area contributed by atoms with Gasteiger partial charge < -0.3 is 111 Å². The van der Waals surface area contributed by atoms with Crippen LogP contribution in [0.2, 0.25) is 0 Å². The highest BCUT2D eigenvalue weighted by atomic mass is 32.1. The number of aliphatic hydroxyl groups excluding tert-OH is 4. The van der Waals surface area contributed by atoms with Crippen LogP contribution in [0.4, 0.5) is 0 Å². The van der Waals surface area contributed by atoms with E-state index in [1.807, 2.05) is 0 Å². The number of guanidine groups is 1. The van der Waals surface area contributed by atoms with E-state index in [0.29, 0.717) is 43.2 Å². The maximum Gasteiger partial charge on any atom is 0.246 e. The molecule has 0 radical (unpaired) electrons. The fourth-order valence-electron chi connectivity index (χ4n) is 10.2. The second kappa shape index (κ2) is 41.8. The molecular weight excluding hydrogens is 1280 g/mol. The van der Waals surface area contributed by atoms with E-state index < -0.39 is 176 Å². The number of phenols is 1. The molecule has 2 aromatic carbocycles. The fourth-order valence-corrected chi connectivity index (χ4v) is 10.6. The summed E-state index contributed by atoms with van der Waals surface area (Å²) in [7, 11) is 0. The van der Waals surface area contributed by atoms with Gasteiger partial charge in [-0.1, -0.05) is 68.1 Å². The van der Waals surface area contributed by atoms with E-state index in [2.05, 4.69) is 72.8 Å². The lowest BCUT2D eigenvalue weighted by Crippen LogP contribution is -2.61. The molecule has 95 heavy (non-hydrogen) atoms. The van der Waals surface area contributed by atoms with E-state index in [-0.39, 0.29) is 81.6 Å². The van der Waals surface area contributed by atoms with E-state index in [4.69, 9.17) is 38.1 Å². The minimum Gasteiger partial charge on any atom is -0.508 e. The maximum atomic E-state index is 14.7. The van der Waals surface area contributed by atoms with Crippen molar-refractivity contribution in [1.82, 2.24) is 47.4 Å². The van der Waals surface area contributed by atoms with Gasteiger partial charge in [-0.2, -0.15) is 25.3 Å². The molecule has 2 heterocycles. The van der Waals surface area contributed by atoms with Crippen molar-refractivity contribution in [3.05, 3.63) is 65.7 Å². The Morgan fingerprint density at radius 3 is 1.80 bits per heavy atom. The van der Waals surface area contributed by atoms with Gasteiger partial charge in [0.15, 0.2) is 12.2 Å². The molecule has 23 N–H and O–H groups in total. The Labute approximate surface area is 560 Å². The molecule has 2 aliphatic heterocycles. The predicted molar refractivity (Wildman–Crippen MR) is 350 cm³/mol. The molecule has 2 aromatic rings. The largest absolute Gasteiger partial charge is 0.508 e. The molecule has 528 valence electrons. The minimum absolute atomic E-state index is 0.00130. The first-order valence-corrected chi connectivity index (χ1v) is 32.5. The minimum atomic E-state index is -1.84. The number of aromatic hydroxyl groups is 1. The van der Waals surface area contributed by atoms with Crippen LogP contribution in [0.25, 0.3) is 0 Å². The number of hydrogen-bond acceptors (Lipinski definition) is 22. The number of nitrogens with one attached hydrogen (secondary N) is 8. The van der Waals surface area contributed by atoms with Crippen molar-refractivity contribution in [1.29, 1.82) is 0 Å². The number of hydrogen-bond donors (Lipinski definition) is 20. The maximum absolute atomic E-state index is 14.7. The quantitative estimate of drug-likeness (QED) is 0.0127. The Morgan fingerprint density at radius 1 is 0.621 bits per heavy atom. The molecule has 2 fully saturated rings. The van der Waals surface area contributed by atoms with Crippen molar-refractivity contribution in [3.8, 4) is 5.75 Å². The summed E-state index contributed by atoms with van der Waals surface area (Å²) in [5.74, 6) is -10.4. The summed E-state index contributed by atoms with van der Waals surface area (Å²) in [6.45, 7) is -0.653. The van der Waals surface area contributed by atoms with Crippen LogP contribution < -0.4 is 71.2 Å². The Morgan fingerprint density at radius 2 is 1.19 bits per heavy atom. The first-order valence-electron chi connectivity index (χ1n) is 31.3. The number of primary amides is 2. The Bertz CT molecular complexity index is 2880. The van der Waals surface area contributed by atoms with Crippen molar-refractivity contribution in [2.45, 2.75) is 175 Å². The summed E-state index contributed by atoms with van der Waals surface area (Å²) >= 11 is 8.40. The molecule has 4 rings (SSSR count). The number of benzene rings is 2. The average molecular weight is 1380 g/mol. The Kier molecular flexibility index (Phi) is 35.0. The third-order valence-electron chi connectivity index (χ3n) is 15.5. The summed E-state index contributed by atoms with van der Waals surface area (Å²) in [6, 6.07) is 2.69. The summed E-state index contributed by atoms with van der Waals surface area (Å²) in [4.78, 5) is 155. The van der Waals surface area contributed by atoms with E-state index in [1.165, 1.54) is 24.3 Å². The molecular formula is C60H93N15O18S2. The number of aliphatic hydroxyl groups is 4. The summed E-state index contributed by atoms with van der Waals surface area (Å²) in [6.07, 6.45) is -4.31. The fraction of sp³-hybridized carbons (Fsp3) is 0.600. The smallest absolute Gasteiger partial charge is 0.246 e. The standard InChI is InChI=1S/C60H93N15O18S2/c61-36(31-94)51(84)71-39(27-34-16-18-35(77)19-17-34)55(88)72-40(26-33-12-6-5-7-13-33)54(87)69-38(20-21-47(80)66-22-8-3-1-2-4-9-25-92-59-50(83)49(82)48(81)44(30-76)93-59)53(86)73-41(28-45(62)78)56(89)74-42(32-95)58(91)75-24-11-15-43(75)57(90)70-37(14-10-23-67-60(64)65)52(85)68-29-46(63)79/h5-7,12-13,16-19,36-44,48-50,59,76-77,81-83,94-95H,1-4,8-11,14-15,20-32,61H2,(H2,62,78)(H2,63,79)(H,66,80)(H,68,85)(H,69,87)(H,70,90)(H,71,84)(H,72,88)(H,73,86)(H,74,89)(H4,64,65,67)/t36-,37-,38-,39-,40-,41-,42-,43-,44+,48+,49-,50+,59+/m0/s1. The molecule has 0 aromatic heterocycles. The molecule has 2 aliphatic rings. The van der Waals surface area contributed by atoms with Gasteiger partial charge in [0.2, 0.25) is 65.0 Å². The Hall–Kier alpha value is -7.90. The topological polar surface area (TPSA) is 549 Å². The van der Waals surface area contributed by atoms with Crippen LogP contribution in [0, 0.1) is 0 Å². The van der Waals surface area contributed by atoms with Crippen LogP contribution in [-0.2, 0) is 75.1 Å². The molecule has 0 aliphatic carbocycles. The number of nitrogens with two attached hydrogens (primary N) is 5. The molecule has 13 atom stereocenters. The Balaban J connectivity index is 1.53. The van der Waals surface area contributed by atoms with Gasteiger partial charge in [0.1, 0.15) is 72.5 Å². The van der Waals surface area contributed by atoms with E-state index in [0.717, 1.165) is 17.7 Å². The van der Waals surface area contributed by atoms with Crippen LogP contribution >= 0.6 is 25.3 Å². The van der Waals surface area contributed by atoms with Gasteiger partial charge in [-0.25, -0.2) is 0 Å². The lowest BCUT2D eigenvalue weighted by atomic mass is 9.99. The molecule has 0 unspecified atom stereocenters. The summed E-state index contributed by atoms with van der Waals surface area (Å²) < 4.78 is 10.9. The van der Waals surface area contributed by atoms with Crippen LogP contribution in [0.5, 0.6) is 5.75 Å². The van der Waals surface area contributed by atoms with Crippen molar-refractivity contribution in [2.24, 2.45) is 33.7 Å². The number of unbranched alkanes of at least 4 members (excludes halogenated alkanes) is 5. The van der Waals surface area contributed by atoms with Gasteiger partial charge in [0.05, 0.1) is 25.6 Å². The van der Waals surface area contributed by atoms with Gasteiger partial charge in [-0.15, -0.1) is 0 Å². The lowest BCUT2D eigenvalue weighted by Gasteiger charge is -2.39. The number of nitrogens with zero attached hydrogens (tertiary/aromatic N) is 2. The zero-order valence-corrected chi connectivity index (χ0v) is 54.5. The van der Waals surface area contributed by atoms with Crippen LogP contribution in [0.15, 0.2) is 59.6 Å². The van der Waals surface area contributed by atoms with Gasteiger partial charge in [-0.05, 0) is 68.2 Å².